The number of aryl methyl sites for hydroxylation is 1. The topological polar surface area (TPSA) is 59.1 Å². The molecule has 2 amide bonds. The van der Waals surface area contributed by atoms with Crippen LogP contribution in [0.3, 0.4) is 0 Å². The maximum Gasteiger partial charge on any atom is 0.260 e. The number of carbonyl (C=O) groups is 2. The molecule has 0 radical (unpaired) electrons. The van der Waals surface area contributed by atoms with Gasteiger partial charge in [0.25, 0.3) is 5.91 Å². The van der Waals surface area contributed by atoms with Gasteiger partial charge in [0.05, 0.1) is 19.3 Å². The zero-order valence-corrected chi connectivity index (χ0v) is 18.6. The molecule has 168 valence electrons. The molecule has 2 fully saturated rings. The van der Waals surface area contributed by atoms with Crippen molar-refractivity contribution < 1.29 is 19.1 Å². The lowest BCUT2D eigenvalue weighted by Gasteiger charge is -2.38. The number of benzene rings is 2. The van der Waals surface area contributed by atoms with Crippen LogP contribution in [0, 0.1) is 12.8 Å². The fourth-order valence-corrected chi connectivity index (χ4v) is 4.64. The first-order valence-electron chi connectivity index (χ1n) is 11.6. The van der Waals surface area contributed by atoms with E-state index in [1.807, 2.05) is 17.0 Å². The molecule has 0 unspecified atom stereocenters. The predicted octanol–water partition coefficient (Wildman–Crippen LogP) is 3.12. The number of nitrogens with zero attached hydrogens (tertiary/aromatic N) is 2. The maximum absolute atomic E-state index is 13.1. The summed E-state index contributed by atoms with van der Waals surface area (Å²) in [6, 6.07) is 14.4. The summed E-state index contributed by atoms with van der Waals surface area (Å²) in [6.07, 6.45) is 2.83. The first-order chi connectivity index (χ1) is 15.6. The summed E-state index contributed by atoms with van der Waals surface area (Å²) in [7, 11) is 0. The van der Waals surface area contributed by atoms with Gasteiger partial charge in [0.1, 0.15) is 5.75 Å². The van der Waals surface area contributed by atoms with E-state index < -0.39 is 0 Å². The van der Waals surface area contributed by atoms with Crippen molar-refractivity contribution in [2.45, 2.75) is 32.2 Å². The van der Waals surface area contributed by atoms with Crippen molar-refractivity contribution in [3.8, 4) is 5.75 Å². The summed E-state index contributed by atoms with van der Waals surface area (Å²) < 4.78 is 11.2. The second kappa shape index (κ2) is 8.94. The lowest BCUT2D eigenvalue weighted by atomic mass is 9.87. The molecule has 32 heavy (non-hydrogen) atoms. The molecular weight excluding hydrogens is 404 g/mol. The van der Waals surface area contributed by atoms with Crippen molar-refractivity contribution in [3.05, 3.63) is 64.7 Å². The molecule has 6 heteroatoms. The number of morpholine rings is 1. The molecule has 5 rings (SSSR count). The zero-order chi connectivity index (χ0) is 22.1. The molecule has 0 spiro atoms. The highest BCUT2D eigenvalue weighted by atomic mass is 16.5. The third-order valence-corrected chi connectivity index (χ3v) is 6.67. The Kier molecular flexibility index (Phi) is 5.87. The van der Waals surface area contributed by atoms with Gasteiger partial charge in [-0.15, -0.1) is 0 Å². The fraction of sp³-hybridized carbons (Fsp3) is 0.462. The molecule has 2 aromatic rings. The average molecular weight is 435 g/mol. The standard InChI is InChI=1S/C26H30N2O4/c1-18-2-4-20(5-3-18)25-23-16-22(32-17-24(29)27-12-14-31-15-13-27)9-8-19(23)10-11-28(25)26(30)21-6-7-21/h2-5,8-9,16,21,25H,6-7,10-15,17H2,1H3/t25-/m1/s1. The van der Waals surface area contributed by atoms with Crippen LogP contribution in [0.1, 0.15) is 41.1 Å². The summed E-state index contributed by atoms with van der Waals surface area (Å²) >= 11 is 0. The Balaban J connectivity index is 1.40. The van der Waals surface area contributed by atoms with E-state index in [0.29, 0.717) is 32.1 Å². The minimum absolute atomic E-state index is 0.0126. The normalized spacial score (nSPS) is 20.6. The van der Waals surface area contributed by atoms with Crippen LogP contribution in [0.2, 0.25) is 0 Å². The molecule has 1 atom stereocenters. The van der Waals surface area contributed by atoms with E-state index in [1.54, 1.807) is 4.90 Å². The number of ether oxygens (including phenoxy) is 2. The molecule has 2 heterocycles. The first-order valence-corrected chi connectivity index (χ1v) is 11.6. The van der Waals surface area contributed by atoms with Gasteiger partial charge in [0, 0.05) is 25.6 Å². The minimum Gasteiger partial charge on any atom is -0.484 e. The molecule has 0 N–H and O–H groups in total. The molecule has 2 aliphatic heterocycles. The van der Waals surface area contributed by atoms with E-state index in [1.165, 1.54) is 11.1 Å². The van der Waals surface area contributed by atoms with Gasteiger partial charge in [0.2, 0.25) is 5.91 Å². The van der Waals surface area contributed by atoms with E-state index in [4.69, 9.17) is 9.47 Å². The molecule has 0 aromatic heterocycles. The van der Waals surface area contributed by atoms with Crippen LogP contribution < -0.4 is 4.74 Å². The summed E-state index contributed by atoms with van der Waals surface area (Å²) in [6.45, 7) is 5.19. The van der Waals surface area contributed by atoms with E-state index in [0.717, 1.165) is 36.9 Å². The van der Waals surface area contributed by atoms with Crippen LogP contribution in [-0.2, 0) is 20.7 Å². The van der Waals surface area contributed by atoms with Crippen LogP contribution in [0.4, 0.5) is 0 Å². The Morgan fingerprint density at radius 3 is 2.50 bits per heavy atom. The van der Waals surface area contributed by atoms with Gasteiger partial charge in [-0.05, 0) is 55.0 Å². The van der Waals surface area contributed by atoms with Crippen LogP contribution in [-0.4, -0.2) is 61.1 Å². The summed E-state index contributed by atoms with van der Waals surface area (Å²) in [5, 5.41) is 0. The second-order valence-electron chi connectivity index (χ2n) is 9.01. The molecule has 1 saturated carbocycles. The van der Waals surface area contributed by atoms with Gasteiger partial charge in [-0.3, -0.25) is 9.59 Å². The van der Waals surface area contributed by atoms with Gasteiger partial charge < -0.3 is 19.3 Å². The monoisotopic (exact) mass is 434 g/mol. The minimum atomic E-state index is -0.119. The second-order valence-corrected chi connectivity index (χ2v) is 9.01. The van der Waals surface area contributed by atoms with Gasteiger partial charge in [0.15, 0.2) is 6.61 Å². The molecule has 1 saturated heterocycles. The molecule has 0 bridgehead atoms. The molecule has 2 aromatic carbocycles. The molecule has 1 aliphatic carbocycles. The Labute approximate surface area is 189 Å². The lowest BCUT2D eigenvalue weighted by Crippen LogP contribution is -2.43. The van der Waals surface area contributed by atoms with Gasteiger partial charge in [-0.2, -0.15) is 0 Å². The van der Waals surface area contributed by atoms with Crippen molar-refractivity contribution in [2.24, 2.45) is 5.92 Å². The third kappa shape index (κ3) is 4.37. The van der Waals surface area contributed by atoms with Gasteiger partial charge in [-0.1, -0.05) is 35.9 Å². The summed E-state index contributed by atoms with van der Waals surface area (Å²) in [5.41, 5.74) is 4.66. The predicted molar refractivity (Wildman–Crippen MR) is 120 cm³/mol. The van der Waals surface area contributed by atoms with Crippen LogP contribution in [0.5, 0.6) is 5.75 Å². The molecule has 6 nitrogen and oxygen atoms in total. The fourth-order valence-electron chi connectivity index (χ4n) is 4.64. The maximum atomic E-state index is 13.1. The van der Waals surface area contributed by atoms with Gasteiger partial charge >= 0.3 is 0 Å². The van der Waals surface area contributed by atoms with Crippen molar-refractivity contribution in [2.75, 3.05) is 39.5 Å². The number of carbonyl (C=O) groups excluding carboxylic acids is 2. The van der Waals surface area contributed by atoms with Crippen molar-refractivity contribution >= 4 is 11.8 Å². The largest absolute Gasteiger partial charge is 0.484 e. The smallest absolute Gasteiger partial charge is 0.260 e. The number of rotatable bonds is 5. The van der Waals surface area contributed by atoms with E-state index in [2.05, 4.69) is 37.3 Å². The zero-order valence-electron chi connectivity index (χ0n) is 18.6. The Morgan fingerprint density at radius 2 is 1.78 bits per heavy atom. The number of amides is 2. The molecule has 3 aliphatic rings. The number of fused-ring (bicyclic) bond motifs is 1. The van der Waals surface area contributed by atoms with Crippen LogP contribution in [0.15, 0.2) is 42.5 Å². The van der Waals surface area contributed by atoms with Crippen LogP contribution >= 0.6 is 0 Å². The average Bonchev–Trinajstić information content (AvgIpc) is 3.68. The quantitative estimate of drug-likeness (QED) is 0.726. The summed E-state index contributed by atoms with van der Waals surface area (Å²) in [5.74, 6) is 1.08. The first kappa shape index (κ1) is 21.0. The van der Waals surface area contributed by atoms with E-state index >= 15 is 0 Å². The van der Waals surface area contributed by atoms with Crippen molar-refractivity contribution in [1.82, 2.24) is 9.80 Å². The Hall–Kier alpha value is -2.86. The van der Waals surface area contributed by atoms with Crippen LogP contribution in [0.25, 0.3) is 0 Å². The Morgan fingerprint density at radius 1 is 1.03 bits per heavy atom. The number of hydrogen-bond acceptors (Lipinski definition) is 4. The third-order valence-electron chi connectivity index (χ3n) is 6.67. The summed E-state index contributed by atoms with van der Waals surface area (Å²) in [4.78, 5) is 29.5. The Bertz CT molecular complexity index is 993. The number of hydrogen-bond donors (Lipinski definition) is 0. The van der Waals surface area contributed by atoms with E-state index in [-0.39, 0.29) is 30.4 Å². The highest BCUT2D eigenvalue weighted by Gasteiger charge is 2.39. The van der Waals surface area contributed by atoms with E-state index in [9.17, 15) is 9.59 Å². The van der Waals surface area contributed by atoms with Gasteiger partial charge in [-0.25, -0.2) is 0 Å². The SMILES string of the molecule is Cc1ccc([C@@H]2c3cc(OCC(=O)N4CCOCC4)ccc3CCN2C(=O)C2CC2)cc1. The highest BCUT2D eigenvalue weighted by molar-refractivity contribution is 5.82. The lowest BCUT2D eigenvalue weighted by molar-refractivity contribution is -0.137. The van der Waals surface area contributed by atoms with Crippen molar-refractivity contribution in [3.63, 3.8) is 0 Å². The highest BCUT2D eigenvalue weighted by Crippen LogP contribution is 2.41. The molecular formula is C26H30N2O4. The van der Waals surface area contributed by atoms with Crippen molar-refractivity contribution in [1.29, 1.82) is 0 Å².